The van der Waals surface area contributed by atoms with Crippen LogP contribution >= 0.6 is 0 Å². The van der Waals surface area contributed by atoms with Crippen molar-refractivity contribution in [2.24, 2.45) is 7.05 Å². The van der Waals surface area contributed by atoms with Gasteiger partial charge in [-0.15, -0.1) is 42.0 Å². The maximum Gasteiger partial charge on any atom is 0.0834 e. The molecule has 1 radical (unpaired) electrons. The van der Waals surface area contributed by atoms with Gasteiger partial charge in [0.25, 0.3) is 0 Å². The van der Waals surface area contributed by atoms with E-state index in [0.717, 1.165) is 16.9 Å². The van der Waals surface area contributed by atoms with E-state index in [1.54, 1.807) is 17.2 Å². The van der Waals surface area contributed by atoms with Gasteiger partial charge in [0.05, 0.1) is 6.33 Å². The summed E-state index contributed by atoms with van der Waals surface area (Å²) >= 11 is 0. The Morgan fingerprint density at radius 2 is 1.75 bits per heavy atom. The van der Waals surface area contributed by atoms with E-state index in [1.807, 2.05) is 78.6 Å². The number of rotatable bonds is 2. The summed E-state index contributed by atoms with van der Waals surface area (Å²) in [4.78, 5) is 4.22. The fraction of sp³-hybridized carbons (Fsp3) is 0.0526. The molecule has 0 saturated heterocycles. The number of imidazole rings is 1. The van der Waals surface area contributed by atoms with Crippen LogP contribution in [0.1, 0.15) is 0 Å². The molecule has 4 nitrogen and oxygen atoms in total. The Kier molecular flexibility index (Phi) is 6.67. The van der Waals surface area contributed by atoms with Crippen molar-refractivity contribution < 1.29 is 20.1 Å². The van der Waals surface area contributed by atoms with Crippen molar-refractivity contribution in [3.8, 4) is 16.9 Å². The maximum atomic E-state index is 4.22. The molecule has 0 bridgehead atoms. The zero-order valence-corrected chi connectivity index (χ0v) is 15.5. The van der Waals surface area contributed by atoms with Gasteiger partial charge in [0.15, 0.2) is 0 Å². The Morgan fingerprint density at radius 3 is 2.29 bits per heavy atom. The van der Waals surface area contributed by atoms with Crippen LogP contribution in [0.3, 0.4) is 0 Å². The number of aromatic nitrogens is 4. The van der Waals surface area contributed by atoms with Gasteiger partial charge in [0, 0.05) is 45.2 Å². The molecular formula is C19H16IrN4-2. The van der Waals surface area contributed by atoms with E-state index in [1.165, 1.54) is 0 Å². The first-order valence-corrected chi connectivity index (χ1v) is 7.25. The number of aryl methyl sites for hydroxylation is 1. The van der Waals surface area contributed by atoms with Gasteiger partial charge >= 0.3 is 0 Å². The van der Waals surface area contributed by atoms with Crippen LogP contribution in [0.15, 0.2) is 79.5 Å². The largest absolute Gasteiger partial charge is 0.350 e. The summed E-state index contributed by atoms with van der Waals surface area (Å²) in [5.74, 6) is 0. The fourth-order valence-electron chi connectivity index (χ4n) is 2.04. The van der Waals surface area contributed by atoms with Gasteiger partial charge in [-0.1, -0.05) is 0 Å². The molecule has 2 aromatic carbocycles. The SMILES string of the molecule is Cn1cnc(-c2[c-]cccc2)c1.[Ir].[c-]1ccccc1-n1cccn1. The molecule has 24 heavy (non-hydrogen) atoms. The average molecular weight is 493 g/mol. The second-order valence-corrected chi connectivity index (χ2v) is 4.90. The van der Waals surface area contributed by atoms with Crippen LogP contribution in [0.5, 0.6) is 0 Å². The molecule has 0 spiro atoms. The molecule has 5 heteroatoms. The smallest absolute Gasteiger partial charge is 0.0834 e. The number of hydrogen-bond acceptors (Lipinski definition) is 2. The summed E-state index contributed by atoms with van der Waals surface area (Å²) in [7, 11) is 1.96. The van der Waals surface area contributed by atoms with Crippen molar-refractivity contribution in [2.45, 2.75) is 0 Å². The van der Waals surface area contributed by atoms with Gasteiger partial charge in [0.2, 0.25) is 0 Å². The first-order valence-electron chi connectivity index (χ1n) is 7.25. The normalized spacial score (nSPS) is 9.54. The summed E-state index contributed by atoms with van der Waals surface area (Å²) in [6.45, 7) is 0. The quantitative estimate of drug-likeness (QED) is 0.401. The monoisotopic (exact) mass is 493 g/mol. The van der Waals surface area contributed by atoms with Crippen molar-refractivity contribution in [2.75, 3.05) is 0 Å². The Morgan fingerprint density at radius 1 is 0.958 bits per heavy atom. The Balaban J connectivity index is 0.000000167. The van der Waals surface area contributed by atoms with Gasteiger partial charge in [0.1, 0.15) is 0 Å². The Labute approximate surface area is 155 Å². The number of benzene rings is 2. The Bertz CT molecular complexity index is 824. The second kappa shape index (κ2) is 8.96. The zero-order chi connectivity index (χ0) is 15.9. The number of para-hydroxylation sites is 1. The van der Waals surface area contributed by atoms with Crippen LogP contribution in [-0.4, -0.2) is 19.3 Å². The van der Waals surface area contributed by atoms with Crippen molar-refractivity contribution in [1.82, 2.24) is 19.3 Å². The predicted octanol–water partition coefficient (Wildman–Crippen LogP) is 3.56. The molecule has 0 aliphatic carbocycles. The third-order valence-electron chi connectivity index (χ3n) is 3.13. The maximum absolute atomic E-state index is 4.22. The molecule has 0 fully saturated rings. The van der Waals surface area contributed by atoms with E-state index in [4.69, 9.17) is 0 Å². The molecule has 0 aliphatic heterocycles. The van der Waals surface area contributed by atoms with Crippen molar-refractivity contribution >= 4 is 0 Å². The molecule has 2 heterocycles. The summed E-state index contributed by atoms with van der Waals surface area (Å²) < 4.78 is 3.70. The predicted molar refractivity (Wildman–Crippen MR) is 89.9 cm³/mol. The third-order valence-corrected chi connectivity index (χ3v) is 3.13. The summed E-state index contributed by atoms with van der Waals surface area (Å²) in [6.07, 6.45) is 7.41. The second-order valence-electron chi connectivity index (χ2n) is 4.90. The van der Waals surface area contributed by atoms with E-state index in [9.17, 15) is 0 Å². The van der Waals surface area contributed by atoms with Gasteiger partial charge < -0.3 is 4.57 Å². The van der Waals surface area contributed by atoms with Crippen molar-refractivity contribution in [3.63, 3.8) is 0 Å². The standard InChI is InChI=1S/C10H9N2.C9H7N2.Ir/c1-12-7-10(11-8-12)9-5-3-2-4-6-9;1-2-5-9(6-3-1)11-8-4-7-10-11;/h2-5,7-8H,1H3;1-5,7-8H;/q2*-1;. The van der Waals surface area contributed by atoms with Crippen LogP contribution in [0.4, 0.5) is 0 Å². The number of nitrogens with zero attached hydrogens (tertiary/aromatic N) is 4. The zero-order valence-electron chi connectivity index (χ0n) is 13.1. The minimum Gasteiger partial charge on any atom is -0.350 e. The van der Waals surface area contributed by atoms with Crippen molar-refractivity contribution in [1.29, 1.82) is 0 Å². The van der Waals surface area contributed by atoms with E-state index in [2.05, 4.69) is 22.2 Å². The van der Waals surface area contributed by atoms with Crippen LogP contribution in [0, 0.1) is 12.1 Å². The topological polar surface area (TPSA) is 35.6 Å². The summed E-state index contributed by atoms with van der Waals surface area (Å²) in [5, 5.41) is 4.07. The Hall–Kier alpha value is -2.49. The molecule has 4 aromatic rings. The van der Waals surface area contributed by atoms with Gasteiger partial charge in [-0.05, 0) is 18.0 Å². The van der Waals surface area contributed by atoms with E-state index < -0.39 is 0 Å². The average Bonchev–Trinajstić information content (AvgIpc) is 3.29. The van der Waals surface area contributed by atoms with Crippen LogP contribution in [0.2, 0.25) is 0 Å². The molecule has 0 atom stereocenters. The molecule has 0 saturated carbocycles. The summed E-state index contributed by atoms with van der Waals surface area (Å²) in [6, 6.07) is 23.7. The minimum absolute atomic E-state index is 0. The first kappa shape index (κ1) is 17.9. The van der Waals surface area contributed by atoms with Crippen LogP contribution in [0.25, 0.3) is 16.9 Å². The molecule has 0 aliphatic rings. The molecule has 4 rings (SSSR count). The van der Waals surface area contributed by atoms with Gasteiger partial charge in [-0.25, -0.2) is 0 Å². The number of hydrogen-bond donors (Lipinski definition) is 0. The minimum atomic E-state index is 0. The van der Waals surface area contributed by atoms with E-state index in [-0.39, 0.29) is 20.1 Å². The molecule has 0 unspecified atom stereocenters. The van der Waals surface area contributed by atoms with E-state index >= 15 is 0 Å². The molecule has 123 valence electrons. The van der Waals surface area contributed by atoms with Gasteiger partial charge in [-0.2, -0.15) is 29.4 Å². The van der Waals surface area contributed by atoms with Crippen LogP contribution in [-0.2, 0) is 27.2 Å². The molecule has 0 N–H and O–H groups in total. The van der Waals surface area contributed by atoms with Crippen molar-refractivity contribution in [3.05, 3.63) is 91.6 Å². The van der Waals surface area contributed by atoms with Crippen LogP contribution < -0.4 is 0 Å². The first-order chi connectivity index (χ1) is 11.3. The molecular weight excluding hydrogens is 476 g/mol. The molecule has 2 aromatic heterocycles. The fourth-order valence-corrected chi connectivity index (χ4v) is 2.04. The third kappa shape index (κ3) is 4.75. The van der Waals surface area contributed by atoms with E-state index in [0.29, 0.717) is 0 Å². The summed E-state index contributed by atoms with van der Waals surface area (Å²) in [5.41, 5.74) is 2.98. The molecule has 0 amide bonds. The van der Waals surface area contributed by atoms with Gasteiger partial charge in [-0.3, -0.25) is 9.67 Å².